The molecule has 4 amide bonds. The first-order valence-corrected chi connectivity index (χ1v) is 13.0. The first kappa shape index (κ1) is 33.6. The van der Waals surface area contributed by atoms with E-state index in [4.69, 9.17) is 18.9 Å². The fourth-order valence-corrected chi connectivity index (χ4v) is 3.80. The Morgan fingerprint density at radius 1 is 0.974 bits per heavy atom. The van der Waals surface area contributed by atoms with E-state index in [0.29, 0.717) is 26.2 Å². The summed E-state index contributed by atoms with van der Waals surface area (Å²) in [7, 11) is 3.09. The highest BCUT2D eigenvalue weighted by molar-refractivity contribution is 6.04. The van der Waals surface area contributed by atoms with Crippen LogP contribution in [0, 0.1) is 11.3 Å². The number of hydrogen-bond acceptors (Lipinski definition) is 9. The Bertz CT molecular complexity index is 782. The second kappa shape index (κ2) is 18.0. The molecule has 0 bridgehead atoms. The zero-order valence-corrected chi connectivity index (χ0v) is 23.5. The third kappa shape index (κ3) is 12.9. The maximum absolute atomic E-state index is 12.5. The van der Waals surface area contributed by atoms with Gasteiger partial charge in [0.2, 0.25) is 23.6 Å². The fourth-order valence-electron chi connectivity index (χ4n) is 3.80. The molecule has 0 aromatic carbocycles. The van der Waals surface area contributed by atoms with Gasteiger partial charge >= 0.3 is 0 Å². The number of ether oxygens (including phenoxy) is 4. The average molecular weight is 544 g/mol. The molecule has 1 unspecified atom stereocenters. The van der Waals surface area contributed by atoms with Gasteiger partial charge in [-0.25, -0.2) is 0 Å². The molecule has 38 heavy (non-hydrogen) atoms. The molecule has 0 aliphatic carbocycles. The zero-order chi connectivity index (χ0) is 28.6. The molecule has 1 rings (SSSR count). The molecule has 1 fully saturated rings. The molecule has 1 atom stereocenters. The lowest BCUT2D eigenvalue weighted by Gasteiger charge is -2.24. The molecule has 0 saturated carbocycles. The van der Waals surface area contributed by atoms with E-state index >= 15 is 0 Å². The minimum absolute atomic E-state index is 0.0859. The van der Waals surface area contributed by atoms with Crippen molar-refractivity contribution >= 4 is 29.4 Å². The molecule has 1 aliphatic rings. The maximum atomic E-state index is 12.5. The van der Waals surface area contributed by atoms with Crippen LogP contribution in [0.5, 0.6) is 0 Å². The molecule has 12 nitrogen and oxygen atoms in total. The van der Waals surface area contributed by atoms with Crippen molar-refractivity contribution in [2.75, 3.05) is 80.0 Å². The summed E-state index contributed by atoms with van der Waals surface area (Å²) in [6.07, 6.45) is 0.894. The molecule has 218 valence electrons. The number of ketones is 1. The standard InChI is InChI=1S/C26H45N3O9/c1-26(2,3)21-17-23(32)29(25(21)34)10-8-20(30)7-6-9-27-22(31)18-28(11-12-37-15-13-35-4)24(33)19-38-16-14-36-5/h21H,6-19H2,1-5H3,(H,27,31). The highest BCUT2D eigenvalue weighted by Crippen LogP contribution is 2.35. The van der Waals surface area contributed by atoms with Gasteiger partial charge in [0.1, 0.15) is 12.4 Å². The number of Topliss-reactive ketones (excluding diaryl/α,β-unsaturated/α-hetero) is 1. The Kier molecular flexibility index (Phi) is 15.9. The van der Waals surface area contributed by atoms with Crippen LogP contribution >= 0.6 is 0 Å². The van der Waals surface area contributed by atoms with E-state index in [1.165, 1.54) is 16.9 Å². The maximum Gasteiger partial charge on any atom is 0.249 e. The van der Waals surface area contributed by atoms with Gasteiger partial charge in [0.05, 0.1) is 45.5 Å². The van der Waals surface area contributed by atoms with Crippen LogP contribution in [0.15, 0.2) is 0 Å². The van der Waals surface area contributed by atoms with Gasteiger partial charge in [-0.05, 0) is 11.8 Å². The topological polar surface area (TPSA) is 141 Å². The average Bonchev–Trinajstić information content (AvgIpc) is 3.15. The summed E-state index contributed by atoms with van der Waals surface area (Å²) in [6, 6.07) is 0. The van der Waals surface area contributed by atoms with Crippen molar-refractivity contribution in [1.82, 2.24) is 15.1 Å². The zero-order valence-electron chi connectivity index (χ0n) is 23.5. The van der Waals surface area contributed by atoms with Crippen LogP contribution < -0.4 is 5.32 Å². The number of nitrogens with zero attached hydrogens (tertiary/aromatic N) is 2. The molecule has 1 aliphatic heterocycles. The van der Waals surface area contributed by atoms with E-state index < -0.39 is 0 Å². The lowest BCUT2D eigenvalue weighted by atomic mass is 9.80. The Labute approximate surface area is 225 Å². The largest absolute Gasteiger partial charge is 0.382 e. The minimum atomic E-state index is -0.361. The number of carbonyl (C=O) groups is 5. The molecule has 0 aromatic rings. The predicted octanol–water partition coefficient (Wildman–Crippen LogP) is 0.418. The quantitative estimate of drug-likeness (QED) is 0.171. The van der Waals surface area contributed by atoms with Crippen molar-refractivity contribution in [3.8, 4) is 0 Å². The summed E-state index contributed by atoms with van der Waals surface area (Å²) < 4.78 is 20.5. The van der Waals surface area contributed by atoms with Gasteiger partial charge in [0.25, 0.3) is 0 Å². The summed E-state index contributed by atoms with van der Waals surface area (Å²) in [5.41, 5.74) is -0.308. The van der Waals surface area contributed by atoms with E-state index in [9.17, 15) is 24.0 Å². The van der Waals surface area contributed by atoms with Crippen molar-refractivity contribution < 1.29 is 42.9 Å². The van der Waals surface area contributed by atoms with Crippen LogP contribution in [0.25, 0.3) is 0 Å². The second-order valence-electron chi connectivity index (χ2n) is 10.2. The summed E-state index contributed by atoms with van der Waals surface area (Å²) in [5, 5.41) is 2.72. The number of nitrogens with one attached hydrogen (secondary N) is 1. The normalized spacial score (nSPS) is 15.7. The van der Waals surface area contributed by atoms with Crippen molar-refractivity contribution in [3.05, 3.63) is 0 Å². The summed E-state index contributed by atoms with van der Waals surface area (Å²) >= 11 is 0. The number of carbonyl (C=O) groups excluding carboxylic acids is 5. The first-order chi connectivity index (χ1) is 18.0. The smallest absolute Gasteiger partial charge is 0.249 e. The number of methoxy groups -OCH3 is 2. The Morgan fingerprint density at radius 2 is 1.63 bits per heavy atom. The number of amides is 4. The van der Waals surface area contributed by atoms with Gasteiger partial charge in [0.15, 0.2) is 0 Å². The second-order valence-corrected chi connectivity index (χ2v) is 10.2. The van der Waals surface area contributed by atoms with Crippen molar-refractivity contribution in [2.45, 2.75) is 46.5 Å². The highest BCUT2D eigenvalue weighted by atomic mass is 16.5. The van der Waals surface area contributed by atoms with Gasteiger partial charge < -0.3 is 29.2 Å². The van der Waals surface area contributed by atoms with E-state index in [1.807, 2.05) is 20.8 Å². The van der Waals surface area contributed by atoms with Crippen LogP contribution in [0.2, 0.25) is 0 Å². The summed E-state index contributed by atoms with van der Waals surface area (Å²) in [5.74, 6) is -1.60. The third-order valence-electron chi connectivity index (χ3n) is 6.14. The molecular formula is C26H45N3O9. The summed E-state index contributed by atoms with van der Waals surface area (Å²) in [4.78, 5) is 64.5. The molecule has 0 radical (unpaired) electrons. The number of imide groups is 1. The molecular weight excluding hydrogens is 498 g/mol. The lowest BCUT2D eigenvalue weighted by molar-refractivity contribution is -0.141. The van der Waals surface area contributed by atoms with Crippen molar-refractivity contribution in [2.24, 2.45) is 11.3 Å². The molecule has 12 heteroatoms. The van der Waals surface area contributed by atoms with Crippen LogP contribution in [0.1, 0.15) is 46.5 Å². The third-order valence-corrected chi connectivity index (χ3v) is 6.14. The van der Waals surface area contributed by atoms with E-state index in [-0.39, 0.29) is 106 Å². The van der Waals surface area contributed by atoms with Crippen LogP contribution in [-0.4, -0.2) is 119 Å². The predicted molar refractivity (Wildman–Crippen MR) is 138 cm³/mol. The van der Waals surface area contributed by atoms with E-state index in [1.54, 1.807) is 7.11 Å². The molecule has 0 aromatic heterocycles. The van der Waals surface area contributed by atoms with Crippen molar-refractivity contribution in [3.63, 3.8) is 0 Å². The van der Waals surface area contributed by atoms with Gasteiger partial charge in [-0.3, -0.25) is 28.9 Å². The molecule has 1 saturated heterocycles. The Balaban J connectivity index is 2.38. The van der Waals surface area contributed by atoms with Gasteiger partial charge in [-0.2, -0.15) is 0 Å². The molecule has 1 N–H and O–H groups in total. The molecule has 0 spiro atoms. The number of likely N-dealkylation sites (tertiary alicyclic amines) is 1. The first-order valence-electron chi connectivity index (χ1n) is 13.0. The van der Waals surface area contributed by atoms with E-state index in [0.717, 1.165) is 0 Å². The number of hydrogen-bond donors (Lipinski definition) is 1. The van der Waals surface area contributed by atoms with Crippen LogP contribution in [-0.2, 0) is 42.9 Å². The SMILES string of the molecule is COCCOCCN(CC(=O)NCCCC(=O)CCN1C(=O)CC(C(C)(C)C)C1=O)C(=O)COCCOC. The summed E-state index contributed by atoms with van der Waals surface area (Å²) in [6.45, 7) is 7.66. The number of rotatable bonds is 20. The van der Waals surface area contributed by atoms with Crippen LogP contribution in [0.4, 0.5) is 0 Å². The monoisotopic (exact) mass is 543 g/mol. The minimum Gasteiger partial charge on any atom is -0.382 e. The highest BCUT2D eigenvalue weighted by Gasteiger charge is 2.44. The van der Waals surface area contributed by atoms with Crippen molar-refractivity contribution in [1.29, 1.82) is 0 Å². The Hall–Kier alpha value is -2.41. The van der Waals surface area contributed by atoms with E-state index in [2.05, 4.69) is 5.32 Å². The van der Waals surface area contributed by atoms with Gasteiger partial charge in [0, 0.05) is 53.1 Å². The van der Waals surface area contributed by atoms with Crippen LogP contribution in [0.3, 0.4) is 0 Å². The Morgan fingerprint density at radius 3 is 2.24 bits per heavy atom. The fraction of sp³-hybridized carbons (Fsp3) is 0.808. The lowest BCUT2D eigenvalue weighted by Crippen LogP contribution is -2.44. The van der Waals surface area contributed by atoms with Gasteiger partial charge in [-0.15, -0.1) is 0 Å². The molecule has 1 heterocycles. The van der Waals surface area contributed by atoms with Gasteiger partial charge in [-0.1, -0.05) is 20.8 Å².